The molecule has 0 aromatic heterocycles. The van der Waals surface area contributed by atoms with Gasteiger partial charge in [0.1, 0.15) is 11.8 Å². The lowest BCUT2D eigenvalue weighted by Crippen LogP contribution is -2.66. The number of ketones is 1. The molecule has 0 radical (unpaired) electrons. The molecule has 1 aliphatic carbocycles. The van der Waals surface area contributed by atoms with E-state index in [2.05, 4.69) is 19.2 Å². The van der Waals surface area contributed by atoms with E-state index in [1.54, 1.807) is 13.0 Å². The van der Waals surface area contributed by atoms with Gasteiger partial charge in [0, 0.05) is 42.7 Å². The average Bonchev–Trinajstić information content (AvgIpc) is 3.73. The van der Waals surface area contributed by atoms with Gasteiger partial charge in [0.2, 0.25) is 0 Å². The number of carbonyl (C=O) groups is 3. The Balaban J connectivity index is 1.13. The number of aliphatic carboxylic acids is 1. The minimum atomic E-state index is -4.33. The number of nitrogens with zero attached hydrogens (tertiary/aromatic N) is 1. The van der Waals surface area contributed by atoms with Crippen LogP contribution < -0.4 is 5.32 Å². The Morgan fingerprint density at radius 1 is 0.894 bits per heavy atom. The highest BCUT2D eigenvalue weighted by molar-refractivity contribution is 5.84. The molecule has 0 aromatic rings. The van der Waals surface area contributed by atoms with Crippen LogP contribution in [0.5, 0.6) is 0 Å². The van der Waals surface area contributed by atoms with E-state index in [4.69, 9.17) is 23.7 Å². The van der Waals surface area contributed by atoms with Gasteiger partial charge in [0.25, 0.3) is 0 Å². The van der Waals surface area contributed by atoms with Crippen LogP contribution >= 0.6 is 0 Å². The highest BCUT2D eigenvalue weighted by Crippen LogP contribution is 2.68. The van der Waals surface area contributed by atoms with E-state index in [9.17, 15) is 42.9 Å². The lowest BCUT2D eigenvalue weighted by molar-refractivity contribution is -0.398. The van der Waals surface area contributed by atoms with Gasteiger partial charge in [-0.3, -0.25) is 9.59 Å². The number of carboxylic acids is 1. The number of alkyl halides is 3. The second-order valence-corrected chi connectivity index (χ2v) is 22.2. The van der Waals surface area contributed by atoms with Crippen LogP contribution in [0.3, 0.4) is 0 Å². The first kappa shape index (κ1) is 51.5. The highest BCUT2D eigenvalue weighted by Gasteiger charge is 2.74. The van der Waals surface area contributed by atoms with Crippen LogP contribution in [0, 0.1) is 46.8 Å². The Hall–Kier alpha value is -2.34. The van der Waals surface area contributed by atoms with Crippen molar-refractivity contribution in [3.63, 3.8) is 0 Å². The van der Waals surface area contributed by atoms with E-state index in [1.165, 1.54) is 4.90 Å². The van der Waals surface area contributed by atoms with E-state index in [1.807, 2.05) is 54.5 Å². The maximum atomic E-state index is 14.9. The number of halogens is 3. The number of aliphatic hydroxyl groups excluding tert-OH is 1. The predicted molar refractivity (Wildman–Crippen MR) is 238 cm³/mol. The number of hydrogen-bond acceptors (Lipinski definition) is 10. The fourth-order valence-corrected chi connectivity index (χ4v) is 13.4. The number of likely N-dealkylation sites (tertiary alicyclic amines) is 1. The Morgan fingerprint density at radius 3 is 2.15 bits per heavy atom. The van der Waals surface area contributed by atoms with Gasteiger partial charge in [-0.15, -0.1) is 0 Å². The number of aliphatic hydroxyl groups is 2. The second kappa shape index (κ2) is 18.4. The largest absolute Gasteiger partial charge is 0.481 e. The maximum Gasteiger partial charge on any atom is 0.391 e. The van der Waals surface area contributed by atoms with E-state index >= 15 is 0 Å². The Labute approximate surface area is 389 Å². The van der Waals surface area contributed by atoms with Crippen LogP contribution in [-0.4, -0.2) is 122 Å². The van der Waals surface area contributed by atoms with E-state index < -0.39 is 112 Å². The molecule has 4 N–H and O–H groups in total. The van der Waals surface area contributed by atoms with Crippen molar-refractivity contribution in [2.45, 2.75) is 224 Å². The fourth-order valence-electron chi connectivity index (χ4n) is 13.4. The summed E-state index contributed by atoms with van der Waals surface area (Å²) in [5.74, 6) is -7.74. The number of amides is 2. The zero-order valence-corrected chi connectivity index (χ0v) is 41.0. The van der Waals surface area contributed by atoms with Crippen LogP contribution in [0.2, 0.25) is 0 Å². The first-order chi connectivity index (χ1) is 30.8. The quantitative estimate of drug-likeness (QED) is 0.139. The number of urea groups is 1. The van der Waals surface area contributed by atoms with Gasteiger partial charge in [-0.2, -0.15) is 13.2 Å². The highest BCUT2D eigenvalue weighted by atomic mass is 19.4. The molecular formula is C50H79F3N2O11. The SMILES string of the molecule is CCC(C(=O)[C@@H](C)[C@@H](O)C1(C)C[C@]12O[C@@H]([C@@H](CC)C(=O)O)CC[C@@H]2C)[C@H]1O[C@]2(C=C[C@@H](NC(=O)N3CCC(C(F)(F)F)CC3)[C@]3(CC[C@@](C)([C@H]4CC[C@](O)(CC)[C@H](C)O4)O3)O2)[C@H](C)C[C@@H]1C. The van der Waals surface area contributed by atoms with Crippen LogP contribution in [0.25, 0.3) is 0 Å². The lowest BCUT2D eigenvalue weighted by Gasteiger charge is -2.55. The molecule has 5 saturated heterocycles. The first-order valence-electron chi connectivity index (χ1n) is 25.2. The summed E-state index contributed by atoms with van der Waals surface area (Å²) in [5.41, 5.74) is -3.39. The van der Waals surface area contributed by atoms with Gasteiger partial charge in [0.05, 0.1) is 59.2 Å². The van der Waals surface area contributed by atoms with E-state index in [0.29, 0.717) is 64.2 Å². The number of Topliss-reactive ketones (excluding diaryl/α,β-unsaturated/α-hetero) is 1. The monoisotopic (exact) mass is 941 g/mol. The molecule has 0 bridgehead atoms. The van der Waals surface area contributed by atoms with Crippen molar-refractivity contribution in [3.8, 4) is 0 Å². The second-order valence-electron chi connectivity index (χ2n) is 22.2. The number of rotatable bonds is 12. The molecule has 3 spiro atoms. The van der Waals surface area contributed by atoms with Crippen molar-refractivity contribution in [3.05, 3.63) is 12.2 Å². The fraction of sp³-hybridized carbons (Fsp3) is 0.900. The van der Waals surface area contributed by atoms with Gasteiger partial charge in [-0.05, 0) is 109 Å². The molecule has 7 aliphatic rings. The smallest absolute Gasteiger partial charge is 0.391 e. The van der Waals surface area contributed by atoms with Crippen molar-refractivity contribution in [2.75, 3.05) is 13.1 Å². The summed E-state index contributed by atoms with van der Waals surface area (Å²) in [6.45, 7) is 19.3. The molecule has 2 unspecified atom stereocenters. The van der Waals surface area contributed by atoms with Crippen LogP contribution in [0.1, 0.15) is 153 Å². The minimum Gasteiger partial charge on any atom is -0.481 e. The number of carbonyl (C=O) groups excluding carboxylic acids is 2. The molecular weight excluding hydrogens is 862 g/mol. The number of piperidine rings is 1. The summed E-state index contributed by atoms with van der Waals surface area (Å²) in [4.78, 5) is 42.3. The summed E-state index contributed by atoms with van der Waals surface area (Å²) in [7, 11) is 0. The Bertz CT molecular complexity index is 1830. The summed E-state index contributed by atoms with van der Waals surface area (Å²) in [6.07, 6.45) is 1.61. The van der Waals surface area contributed by atoms with Gasteiger partial charge in [0.15, 0.2) is 11.6 Å². The zero-order valence-electron chi connectivity index (χ0n) is 41.0. The molecule has 1 saturated carbocycles. The van der Waals surface area contributed by atoms with Crippen molar-refractivity contribution in [1.29, 1.82) is 0 Å². The molecule has 376 valence electrons. The summed E-state index contributed by atoms with van der Waals surface area (Å²) in [6, 6.07) is -1.38. The first-order valence-corrected chi connectivity index (χ1v) is 25.2. The topological polar surface area (TPSA) is 173 Å². The zero-order chi connectivity index (χ0) is 48.6. The number of ether oxygens (including phenoxy) is 5. The van der Waals surface area contributed by atoms with Crippen LogP contribution in [0.15, 0.2) is 12.2 Å². The van der Waals surface area contributed by atoms with Crippen LogP contribution in [0.4, 0.5) is 18.0 Å². The molecule has 6 aliphatic heterocycles. The molecule has 2 amide bonds. The molecule has 13 nitrogen and oxygen atoms in total. The summed E-state index contributed by atoms with van der Waals surface area (Å²) in [5, 5.41) is 36.4. The van der Waals surface area contributed by atoms with Gasteiger partial charge >= 0.3 is 18.2 Å². The van der Waals surface area contributed by atoms with Gasteiger partial charge < -0.3 is 49.2 Å². The van der Waals surface area contributed by atoms with E-state index in [0.717, 1.165) is 6.42 Å². The maximum absolute atomic E-state index is 14.9. The third-order valence-electron chi connectivity index (χ3n) is 18.3. The summed E-state index contributed by atoms with van der Waals surface area (Å²) >= 11 is 0. The van der Waals surface area contributed by atoms with Crippen molar-refractivity contribution >= 4 is 17.8 Å². The van der Waals surface area contributed by atoms with Crippen LogP contribution in [-0.2, 0) is 33.3 Å². The molecule has 66 heavy (non-hydrogen) atoms. The van der Waals surface area contributed by atoms with E-state index in [-0.39, 0.29) is 49.5 Å². The molecule has 6 heterocycles. The number of hydrogen-bond donors (Lipinski definition) is 4. The third kappa shape index (κ3) is 8.90. The third-order valence-corrected chi connectivity index (χ3v) is 18.3. The van der Waals surface area contributed by atoms with Gasteiger partial charge in [-0.25, -0.2) is 4.79 Å². The molecule has 7 rings (SSSR count). The summed E-state index contributed by atoms with van der Waals surface area (Å²) < 4.78 is 75.4. The Morgan fingerprint density at radius 2 is 1.56 bits per heavy atom. The molecule has 18 atom stereocenters. The normalized spacial score (nSPS) is 44.9. The van der Waals surface area contributed by atoms with Gasteiger partial charge in [-0.1, -0.05) is 61.5 Å². The Kier molecular flexibility index (Phi) is 14.4. The van der Waals surface area contributed by atoms with Crippen molar-refractivity contribution in [2.24, 2.45) is 46.8 Å². The average molecular weight is 941 g/mol. The number of carboxylic acid groups (broad SMARTS) is 1. The number of nitrogens with one attached hydrogen (secondary N) is 1. The molecule has 16 heteroatoms. The predicted octanol–water partition coefficient (Wildman–Crippen LogP) is 8.32. The molecule has 0 aromatic carbocycles. The van der Waals surface area contributed by atoms with Crippen molar-refractivity contribution in [1.82, 2.24) is 10.2 Å². The lowest BCUT2D eigenvalue weighted by atomic mass is 9.72. The minimum absolute atomic E-state index is 0.0486. The van der Waals surface area contributed by atoms with Crippen molar-refractivity contribution < 1.29 is 66.6 Å². The molecule has 6 fully saturated rings. The standard InChI is InChI=1S/C50H79F3N2O11/c1-11-34(42(58)59)36-15-14-29(5)47(63-36)27-44(47,9)41(57)31(7)39(56)35(12-2)40-28(4)26-30(6)48(64-40)21-16-37(54-43(60)55-24-18-33(19-25-55)50(51,52)53)49(66-48)23-22-45(10,65-49)38-17-20-46(61,13-3)32(8)62-38/h16,21,28-38,40-41,57,61H,11-15,17-20,22-27H2,1-10H3,(H,54,60)(H,58,59)/t28-,29-,30+,31+,32-,34+,35?,36+,37+,38+,40-,41+,44?,45-,46+,47+,48-,49-/m0/s1.